The van der Waals surface area contributed by atoms with Gasteiger partial charge in [-0.1, -0.05) is 5.16 Å². The van der Waals surface area contributed by atoms with Gasteiger partial charge < -0.3 is 9.84 Å². The van der Waals surface area contributed by atoms with Crippen LogP contribution < -0.4 is 5.32 Å². The number of carbonyl (C=O) groups excluding carboxylic acids is 1. The Balaban J connectivity index is 2.13. The minimum atomic E-state index is -4.41. The van der Waals surface area contributed by atoms with E-state index in [9.17, 15) is 18.0 Å². The summed E-state index contributed by atoms with van der Waals surface area (Å²) in [6.07, 6.45) is -3.22. The molecular weight excluding hydrogens is 297 g/mol. The Hall–Kier alpha value is -2.02. The Labute approximate surface area is 116 Å². The standard InChI is InChI=1S/C12H8ClF3N2O2/c13-5-10-9(6-17-20-10)11(19)18-8-3-1-7(2-4-8)12(14,15)16/h1-4,6H,5H2,(H,18,19). The van der Waals surface area contributed by atoms with E-state index >= 15 is 0 Å². The summed E-state index contributed by atoms with van der Waals surface area (Å²) in [5, 5.41) is 5.87. The lowest BCUT2D eigenvalue weighted by Crippen LogP contribution is -2.13. The Bertz CT molecular complexity index is 608. The van der Waals surface area contributed by atoms with Gasteiger partial charge in [-0.2, -0.15) is 13.2 Å². The lowest BCUT2D eigenvalue weighted by Gasteiger charge is -2.08. The molecule has 106 valence electrons. The average molecular weight is 305 g/mol. The molecule has 0 fully saturated rings. The molecule has 0 atom stereocenters. The monoisotopic (exact) mass is 304 g/mol. The van der Waals surface area contributed by atoms with E-state index in [1.54, 1.807) is 0 Å². The van der Waals surface area contributed by atoms with Gasteiger partial charge in [-0.05, 0) is 24.3 Å². The van der Waals surface area contributed by atoms with E-state index in [1.807, 2.05) is 0 Å². The van der Waals surface area contributed by atoms with Crippen molar-refractivity contribution in [2.24, 2.45) is 0 Å². The summed E-state index contributed by atoms with van der Waals surface area (Å²) in [6, 6.07) is 4.08. The lowest BCUT2D eigenvalue weighted by molar-refractivity contribution is -0.137. The molecule has 0 spiro atoms. The third kappa shape index (κ3) is 3.11. The SMILES string of the molecule is O=C(Nc1ccc(C(F)(F)F)cc1)c1cnoc1CCl. The number of amides is 1. The van der Waals surface area contributed by atoms with Crippen LogP contribution in [0.15, 0.2) is 35.0 Å². The first kappa shape index (κ1) is 14.4. The predicted octanol–water partition coefficient (Wildman–Crippen LogP) is 3.68. The first-order valence-corrected chi connectivity index (χ1v) is 5.93. The fourth-order valence-electron chi connectivity index (χ4n) is 1.49. The fraction of sp³-hybridized carbons (Fsp3) is 0.167. The summed E-state index contributed by atoms with van der Waals surface area (Å²) >= 11 is 5.55. The van der Waals surface area contributed by atoms with Gasteiger partial charge in [0.2, 0.25) is 0 Å². The first-order chi connectivity index (χ1) is 9.41. The topological polar surface area (TPSA) is 55.1 Å². The number of halogens is 4. The number of benzene rings is 1. The van der Waals surface area contributed by atoms with Crippen LogP contribution in [-0.2, 0) is 12.1 Å². The molecule has 1 amide bonds. The summed E-state index contributed by atoms with van der Waals surface area (Å²) < 4.78 is 41.9. The smallest absolute Gasteiger partial charge is 0.359 e. The Morgan fingerprint density at radius 2 is 1.95 bits per heavy atom. The summed E-state index contributed by atoms with van der Waals surface area (Å²) in [5.41, 5.74) is -0.424. The molecule has 1 N–H and O–H groups in total. The van der Waals surface area contributed by atoms with Crippen molar-refractivity contribution in [3.05, 3.63) is 47.3 Å². The molecule has 1 aromatic carbocycles. The maximum Gasteiger partial charge on any atom is 0.416 e. The third-order valence-corrected chi connectivity index (χ3v) is 2.72. The number of aromatic nitrogens is 1. The zero-order chi connectivity index (χ0) is 14.8. The van der Waals surface area contributed by atoms with Gasteiger partial charge in [0.1, 0.15) is 5.56 Å². The predicted molar refractivity (Wildman–Crippen MR) is 65.5 cm³/mol. The summed E-state index contributed by atoms with van der Waals surface area (Å²) in [4.78, 5) is 11.8. The molecule has 0 aliphatic rings. The maximum absolute atomic E-state index is 12.4. The van der Waals surface area contributed by atoms with Gasteiger partial charge in [0, 0.05) is 5.69 Å². The van der Waals surface area contributed by atoms with Crippen molar-refractivity contribution in [1.29, 1.82) is 0 Å². The van der Waals surface area contributed by atoms with Crippen molar-refractivity contribution in [2.45, 2.75) is 12.1 Å². The van der Waals surface area contributed by atoms with Crippen LogP contribution >= 0.6 is 11.6 Å². The van der Waals surface area contributed by atoms with E-state index in [2.05, 4.69) is 10.5 Å². The molecule has 1 aromatic heterocycles. The van der Waals surface area contributed by atoms with E-state index in [-0.39, 0.29) is 22.9 Å². The molecule has 2 aromatic rings. The summed E-state index contributed by atoms with van der Waals surface area (Å²) in [6.45, 7) is 0. The van der Waals surface area contributed by atoms with E-state index in [0.717, 1.165) is 24.3 Å². The first-order valence-electron chi connectivity index (χ1n) is 5.40. The van der Waals surface area contributed by atoms with Crippen molar-refractivity contribution in [3.8, 4) is 0 Å². The minimum absolute atomic E-state index is 0.0320. The summed E-state index contributed by atoms with van der Waals surface area (Å²) in [7, 11) is 0. The van der Waals surface area contributed by atoms with Crippen molar-refractivity contribution < 1.29 is 22.5 Å². The molecule has 0 radical (unpaired) electrons. The number of anilines is 1. The number of alkyl halides is 4. The zero-order valence-electron chi connectivity index (χ0n) is 9.87. The second-order valence-corrected chi connectivity index (χ2v) is 4.09. The second-order valence-electron chi connectivity index (χ2n) is 3.83. The number of nitrogens with zero attached hydrogens (tertiary/aromatic N) is 1. The van der Waals surface area contributed by atoms with Crippen LogP contribution in [0.25, 0.3) is 0 Å². The van der Waals surface area contributed by atoms with Gasteiger partial charge in [0.15, 0.2) is 5.76 Å². The Morgan fingerprint density at radius 1 is 1.30 bits per heavy atom. The molecular formula is C12H8ClF3N2O2. The van der Waals surface area contributed by atoms with E-state index < -0.39 is 17.6 Å². The van der Waals surface area contributed by atoms with Gasteiger partial charge in [0.05, 0.1) is 17.6 Å². The normalized spacial score (nSPS) is 11.4. The molecule has 0 saturated heterocycles. The van der Waals surface area contributed by atoms with Gasteiger partial charge >= 0.3 is 6.18 Å². The second kappa shape index (κ2) is 5.54. The Kier molecular flexibility index (Phi) is 3.99. The molecule has 1 heterocycles. The highest BCUT2D eigenvalue weighted by Crippen LogP contribution is 2.29. The van der Waals surface area contributed by atoms with Gasteiger partial charge in [-0.25, -0.2) is 0 Å². The van der Waals surface area contributed by atoms with Crippen LogP contribution in [0.3, 0.4) is 0 Å². The number of hydrogen-bond donors (Lipinski definition) is 1. The quantitative estimate of drug-likeness (QED) is 0.880. The number of nitrogens with one attached hydrogen (secondary N) is 1. The Morgan fingerprint density at radius 3 is 2.50 bits per heavy atom. The fourth-order valence-corrected chi connectivity index (χ4v) is 1.68. The molecule has 2 rings (SSSR count). The van der Waals surface area contributed by atoms with Crippen molar-refractivity contribution in [2.75, 3.05) is 5.32 Å². The number of carbonyl (C=O) groups is 1. The van der Waals surface area contributed by atoms with Crippen molar-refractivity contribution in [1.82, 2.24) is 5.16 Å². The average Bonchev–Trinajstić information content (AvgIpc) is 2.86. The number of hydrogen-bond acceptors (Lipinski definition) is 3. The highest BCUT2D eigenvalue weighted by molar-refractivity contribution is 6.17. The molecule has 20 heavy (non-hydrogen) atoms. The molecule has 0 bridgehead atoms. The zero-order valence-corrected chi connectivity index (χ0v) is 10.6. The van der Waals surface area contributed by atoms with E-state index in [0.29, 0.717) is 0 Å². The van der Waals surface area contributed by atoms with Gasteiger partial charge in [-0.15, -0.1) is 11.6 Å². The highest BCUT2D eigenvalue weighted by atomic mass is 35.5. The van der Waals surface area contributed by atoms with Gasteiger partial charge in [-0.3, -0.25) is 4.79 Å². The molecule has 0 saturated carbocycles. The van der Waals surface area contributed by atoms with Crippen LogP contribution in [-0.4, -0.2) is 11.1 Å². The minimum Gasteiger partial charge on any atom is -0.359 e. The molecule has 0 aliphatic heterocycles. The van der Waals surface area contributed by atoms with Gasteiger partial charge in [0.25, 0.3) is 5.91 Å². The van der Waals surface area contributed by atoms with E-state index in [1.165, 1.54) is 6.20 Å². The van der Waals surface area contributed by atoms with Crippen LogP contribution in [0, 0.1) is 0 Å². The highest BCUT2D eigenvalue weighted by Gasteiger charge is 2.30. The lowest BCUT2D eigenvalue weighted by atomic mass is 10.2. The number of rotatable bonds is 3. The maximum atomic E-state index is 12.4. The largest absolute Gasteiger partial charge is 0.416 e. The van der Waals surface area contributed by atoms with E-state index in [4.69, 9.17) is 16.1 Å². The van der Waals surface area contributed by atoms with Crippen LogP contribution in [0.5, 0.6) is 0 Å². The van der Waals surface area contributed by atoms with Crippen molar-refractivity contribution >= 4 is 23.2 Å². The van der Waals surface area contributed by atoms with Crippen LogP contribution in [0.1, 0.15) is 21.7 Å². The molecule has 0 aliphatic carbocycles. The molecule has 8 heteroatoms. The van der Waals surface area contributed by atoms with Crippen LogP contribution in [0.4, 0.5) is 18.9 Å². The molecule has 0 unspecified atom stereocenters. The summed E-state index contributed by atoms with van der Waals surface area (Å²) in [5.74, 6) is -0.395. The molecule has 4 nitrogen and oxygen atoms in total. The van der Waals surface area contributed by atoms with Crippen LogP contribution in [0.2, 0.25) is 0 Å². The third-order valence-electron chi connectivity index (χ3n) is 2.48. The van der Waals surface area contributed by atoms with Crippen molar-refractivity contribution in [3.63, 3.8) is 0 Å².